The van der Waals surface area contributed by atoms with Crippen LogP contribution in [0.5, 0.6) is 17.2 Å². The van der Waals surface area contributed by atoms with Crippen LogP contribution in [-0.2, 0) is 0 Å². The standard InChI is InChI=1S/C8H8O2/c1-2-9-6-3-4-7-8(5-6)10-7/h3-5H,2H2,1H3. The highest BCUT2D eigenvalue weighted by atomic mass is 16.6. The normalized spacial score (nSPS) is 11.7. The molecule has 10 heavy (non-hydrogen) atoms. The molecule has 2 nitrogen and oxygen atoms in total. The van der Waals surface area contributed by atoms with E-state index in [1.807, 2.05) is 25.1 Å². The molecule has 0 atom stereocenters. The Kier molecular flexibility index (Phi) is 1.07. The summed E-state index contributed by atoms with van der Waals surface area (Å²) in [4.78, 5) is 0. The molecule has 2 rings (SSSR count). The fourth-order valence-corrected chi connectivity index (χ4v) is 0.901. The fraction of sp³-hybridized carbons (Fsp3) is 0.250. The molecule has 0 fully saturated rings. The van der Waals surface area contributed by atoms with Gasteiger partial charge in [0, 0.05) is 6.07 Å². The molecule has 1 aliphatic heterocycles. The summed E-state index contributed by atoms with van der Waals surface area (Å²) in [6.07, 6.45) is 0. The van der Waals surface area contributed by atoms with E-state index >= 15 is 0 Å². The van der Waals surface area contributed by atoms with Crippen LogP contribution in [0.1, 0.15) is 6.92 Å². The van der Waals surface area contributed by atoms with Crippen LogP contribution in [0, 0.1) is 0 Å². The molecule has 0 radical (unpaired) electrons. The van der Waals surface area contributed by atoms with E-state index in [-0.39, 0.29) is 0 Å². The maximum absolute atomic E-state index is 5.24. The number of ether oxygens (including phenoxy) is 2. The molecule has 0 aliphatic carbocycles. The number of rotatable bonds is 2. The number of fused-ring (bicyclic) bond motifs is 1. The summed E-state index contributed by atoms with van der Waals surface area (Å²) in [6, 6.07) is 5.73. The van der Waals surface area contributed by atoms with E-state index < -0.39 is 0 Å². The number of hydrogen-bond donors (Lipinski definition) is 0. The van der Waals surface area contributed by atoms with Gasteiger partial charge in [0.2, 0.25) is 0 Å². The Morgan fingerprint density at radius 3 is 3.00 bits per heavy atom. The van der Waals surface area contributed by atoms with Gasteiger partial charge in [0.05, 0.1) is 6.61 Å². The van der Waals surface area contributed by atoms with Crippen LogP contribution in [0.2, 0.25) is 0 Å². The van der Waals surface area contributed by atoms with E-state index in [1.165, 1.54) is 0 Å². The maximum atomic E-state index is 5.24. The lowest BCUT2D eigenvalue weighted by Gasteiger charge is -1.97. The van der Waals surface area contributed by atoms with Gasteiger partial charge in [-0.1, -0.05) is 0 Å². The quantitative estimate of drug-likeness (QED) is 0.590. The van der Waals surface area contributed by atoms with Crippen molar-refractivity contribution in [3.63, 3.8) is 0 Å². The largest absolute Gasteiger partial charge is 0.494 e. The Hall–Kier alpha value is -1.18. The lowest BCUT2D eigenvalue weighted by Crippen LogP contribution is -1.88. The molecule has 1 aliphatic rings. The molecular formula is C8H8O2. The minimum absolute atomic E-state index is 0.707. The molecule has 0 aromatic heterocycles. The molecule has 0 saturated carbocycles. The zero-order valence-electron chi connectivity index (χ0n) is 5.76. The molecule has 0 spiro atoms. The average Bonchev–Trinajstić information content (AvgIpc) is 2.66. The van der Waals surface area contributed by atoms with Crippen molar-refractivity contribution in [2.24, 2.45) is 0 Å². The van der Waals surface area contributed by atoms with Crippen molar-refractivity contribution in [3.05, 3.63) is 18.2 Å². The summed E-state index contributed by atoms with van der Waals surface area (Å²) < 4.78 is 10.3. The first-order chi connectivity index (χ1) is 4.90. The predicted octanol–water partition coefficient (Wildman–Crippen LogP) is 2.19. The van der Waals surface area contributed by atoms with Crippen molar-refractivity contribution in [2.75, 3.05) is 6.61 Å². The summed E-state index contributed by atoms with van der Waals surface area (Å²) in [7, 11) is 0. The topological polar surface area (TPSA) is 21.8 Å². The molecule has 0 bridgehead atoms. The summed E-state index contributed by atoms with van der Waals surface area (Å²) in [5.41, 5.74) is 0. The number of benzene rings is 1. The third kappa shape index (κ3) is 0.817. The molecule has 1 heterocycles. The van der Waals surface area contributed by atoms with E-state index in [1.54, 1.807) is 0 Å². The Balaban J connectivity index is 2.22. The maximum Gasteiger partial charge on any atom is 0.173 e. The monoisotopic (exact) mass is 136 g/mol. The zero-order chi connectivity index (χ0) is 6.97. The SMILES string of the molecule is CCOc1ccc2c(c1)O2. The van der Waals surface area contributed by atoms with Gasteiger partial charge in [0.15, 0.2) is 11.5 Å². The van der Waals surface area contributed by atoms with Gasteiger partial charge in [-0.15, -0.1) is 0 Å². The van der Waals surface area contributed by atoms with E-state index in [2.05, 4.69) is 0 Å². The Labute approximate surface area is 59.4 Å². The van der Waals surface area contributed by atoms with Crippen molar-refractivity contribution in [2.45, 2.75) is 6.92 Å². The highest BCUT2D eigenvalue weighted by Crippen LogP contribution is 2.46. The molecule has 2 heteroatoms. The van der Waals surface area contributed by atoms with Crippen LogP contribution in [-0.4, -0.2) is 6.61 Å². The number of hydrogen-bond acceptors (Lipinski definition) is 2. The average molecular weight is 136 g/mol. The van der Waals surface area contributed by atoms with Crippen LogP contribution < -0.4 is 9.47 Å². The predicted molar refractivity (Wildman–Crippen MR) is 37.7 cm³/mol. The summed E-state index contributed by atoms with van der Waals surface area (Å²) in [5, 5.41) is 0. The van der Waals surface area contributed by atoms with Gasteiger partial charge in [-0.2, -0.15) is 0 Å². The van der Waals surface area contributed by atoms with Crippen molar-refractivity contribution in [1.82, 2.24) is 0 Å². The van der Waals surface area contributed by atoms with Gasteiger partial charge in [0.1, 0.15) is 5.75 Å². The van der Waals surface area contributed by atoms with Crippen LogP contribution in [0.4, 0.5) is 0 Å². The molecule has 0 amide bonds. The Morgan fingerprint density at radius 1 is 1.40 bits per heavy atom. The molecule has 1 aromatic rings. The van der Waals surface area contributed by atoms with Gasteiger partial charge in [0.25, 0.3) is 0 Å². The second-order valence-corrected chi connectivity index (χ2v) is 2.14. The van der Waals surface area contributed by atoms with Crippen molar-refractivity contribution in [1.29, 1.82) is 0 Å². The Morgan fingerprint density at radius 2 is 2.30 bits per heavy atom. The van der Waals surface area contributed by atoms with Crippen molar-refractivity contribution >= 4 is 0 Å². The van der Waals surface area contributed by atoms with Gasteiger partial charge >= 0.3 is 0 Å². The van der Waals surface area contributed by atoms with Crippen LogP contribution in [0.3, 0.4) is 0 Å². The zero-order valence-corrected chi connectivity index (χ0v) is 5.76. The van der Waals surface area contributed by atoms with Gasteiger partial charge in [-0.05, 0) is 19.1 Å². The van der Waals surface area contributed by atoms with E-state index in [0.29, 0.717) is 6.61 Å². The molecular weight excluding hydrogens is 128 g/mol. The molecule has 1 aromatic carbocycles. The summed E-state index contributed by atoms with van der Waals surface area (Å²) in [6.45, 7) is 2.67. The highest BCUT2D eigenvalue weighted by molar-refractivity contribution is 5.57. The summed E-state index contributed by atoms with van der Waals surface area (Å²) in [5.74, 6) is 2.81. The van der Waals surface area contributed by atoms with Crippen molar-refractivity contribution in [3.8, 4) is 17.2 Å². The molecule has 52 valence electrons. The first-order valence-corrected chi connectivity index (χ1v) is 3.35. The Bertz CT molecular complexity index is 255. The van der Waals surface area contributed by atoms with Crippen LogP contribution in [0.15, 0.2) is 18.2 Å². The van der Waals surface area contributed by atoms with E-state index in [4.69, 9.17) is 9.47 Å². The van der Waals surface area contributed by atoms with Crippen LogP contribution >= 0.6 is 0 Å². The second-order valence-electron chi connectivity index (χ2n) is 2.14. The minimum atomic E-state index is 0.707. The van der Waals surface area contributed by atoms with Gasteiger partial charge in [-0.3, -0.25) is 0 Å². The smallest absolute Gasteiger partial charge is 0.173 e. The third-order valence-corrected chi connectivity index (χ3v) is 1.40. The van der Waals surface area contributed by atoms with E-state index in [9.17, 15) is 0 Å². The van der Waals surface area contributed by atoms with E-state index in [0.717, 1.165) is 17.2 Å². The lowest BCUT2D eigenvalue weighted by atomic mass is 10.3. The molecule has 0 N–H and O–H groups in total. The summed E-state index contributed by atoms with van der Waals surface area (Å²) >= 11 is 0. The van der Waals surface area contributed by atoms with Crippen LogP contribution in [0.25, 0.3) is 0 Å². The fourth-order valence-electron chi connectivity index (χ4n) is 0.901. The second kappa shape index (κ2) is 1.90. The van der Waals surface area contributed by atoms with Gasteiger partial charge < -0.3 is 9.47 Å². The van der Waals surface area contributed by atoms with Crippen molar-refractivity contribution < 1.29 is 9.47 Å². The lowest BCUT2D eigenvalue weighted by molar-refractivity contribution is 0.340. The highest BCUT2D eigenvalue weighted by Gasteiger charge is 2.19. The molecule has 0 saturated heterocycles. The first-order valence-electron chi connectivity index (χ1n) is 3.35. The molecule has 0 unspecified atom stereocenters. The third-order valence-electron chi connectivity index (χ3n) is 1.40. The minimum Gasteiger partial charge on any atom is -0.494 e. The van der Waals surface area contributed by atoms with Gasteiger partial charge in [-0.25, -0.2) is 0 Å². The first kappa shape index (κ1) is 5.59.